The molecule has 2 rings (SSSR count). The fourth-order valence-corrected chi connectivity index (χ4v) is 3.01. The lowest BCUT2D eigenvalue weighted by atomic mass is 9.95. The predicted molar refractivity (Wildman–Crippen MR) is 86.6 cm³/mol. The van der Waals surface area contributed by atoms with Crippen molar-refractivity contribution in [1.82, 2.24) is 15.3 Å². The van der Waals surface area contributed by atoms with Crippen LogP contribution in [-0.4, -0.2) is 33.0 Å². The summed E-state index contributed by atoms with van der Waals surface area (Å²) in [6.45, 7) is 3.85. The Morgan fingerprint density at radius 1 is 1.30 bits per heavy atom. The highest BCUT2D eigenvalue weighted by Crippen LogP contribution is 2.25. The number of rotatable bonds is 4. The number of aliphatic carboxylic acids is 1. The molecule has 23 heavy (non-hydrogen) atoms. The van der Waals surface area contributed by atoms with E-state index in [2.05, 4.69) is 15.3 Å². The van der Waals surface area contributed by atoms with Gasteiger partial charge in [-0.05, 0) is 12.8 Å². The van der Waals surface area contributed by atoms with Crippen LogP contribution in [0.4, 0.5) is 0 Å². The molecule has 0 spiro atoms. The molecule has 1 saturated carbocycles. The van der Waals surface area contributed by atoms with Crippen LogP contribution >= 0.6 is 11.6 Å². The summed E-state index contributed by atoms with van der Waals surface area (Å²) in [6.07, 6.45) is 5.42. The molecule has 0 unspecified atom stereocenters. The molecule has 0 saturated heterocycles. The zero-order chi connectivity index (χ0) is 17.0. The van der Waals surface area contributed by atoms with Gasteiger partial charge in [0.05, 0.1) is 17.1 Å². The first-order valence-electron chi connectivity index (χ1n) is 7.96. The fraction of sp³-hybridized carbons (Fsp3) is 0.625. The van der Waals surface area contributed by atoms with Gasteiger partial charge in [-0.15, -0.1) is 0 Å². The average molecular weight is 340 g/mol. The van der Waals surface area contributed by atoms with Gasteiger partial charge in [0.1, 0.15) is 11.5 Å². The largest absolute Gasteiger partial charge is 0.481 e. The van der Waals surface area contributed by atoms with E-state index in [9.17, 15) is 14.7 Å². The van der Waals surface area contributed by atoms with Crippen LogP contribution in [0.15, 0.2) is 6.20 Å². The third-order valence-electron chi connectivity index (χ3n) is 4.14. The highest BCUT2D eigenvalue weighted by Gasteiger charge is 2.31. The number of aromatic nitrogens is 2. The van der Waals surface area contributed by atoms with Crippen molar-refractivity contribution in [2.75, 3.05) is 0 Å². The fourth-order valence-electron chi connectivity index (χ4n) is 2.83. The highest BCUT2D eigenvalue weighted by atomic mass is 35.5. The van der Waals surface area contributed by atoms with Gasteiger partial charge in [-0.3, -0.25) is 9.59 Å². The Kier molecular flexibility index (Phi) is 5.93. The Balaban J connectivity index is 2.19. The third kappa shape index (κ3) is 4.41. The number of carbonyl (C=O) groups excluding carboxylic acids is 1. The SMILES string of the molecule is CC(C)c1ncc(Cl)c(C(=O)N[C@H]2CCCCC[C@H]2C(=O)O)n1. The van der Waals surface area contributed by atoms with Gasteiger partial charge in [0.2, 0.25) is 0 Å². The molecule has 1 aliphatic carbocycles. The summed E-state index contributed by atoms with van der Waals surface area (Å²) in [5.41, 5.74) is 0.110. The first kappa shape index (κ1) is 17.7. The maximum atomic E-state index is 12.5. The minimum absolute atomic E-state index is 0.0727. The summed E-state index contributed by atoms with van der Waals surface area (Å²) in [6, 6.07) is -0.393. The molecular formula is C16H22ClN3O3. The minimum atomic E-state index is -0.867. The smallest absolute Gasteiger partial charge is 0.308 e. The van der Waals surface area contributed by atoms with Crippen molar-refractivity contribution < 1.29 is 14.7 Å². The van der Waals surface area contributed by atoms with Crippen LogP contribution in [0.25, 0.3) is 0 Å². The molecule has 1 heterocycles. The second-order valence-corrected chi connectivity index (χ2v) is 6.65. The molecule has 1 aromatic rings. The van der Waals surface area contributed by atoms with Gasteiger partial charge in [-0.25, -0.2) is 9.97 Å². The lowest BCUT2D eigenvalue weighted by Crippen LogP contribution is -2.43. The van der Waals surface area contributed by atoms with Crippen LogP contribution in [0.1, 0.15) is 68.2 Å². The number of nitrogens with zero attached hydrogens (tertiary/aromatic N) is 2. The van der Waals surface area contributed by atoms with E-state index in [1.807, 2.05) is 13.8 Å². The molecular weight excluding hydrogens is 318 g/mol. The average Bonchev–Trinajstić information content (AvgIpc) is 2.72. The van der Waals surface area contributed by atoms with Crippen molar-refractivity contribution in [3.63, 3.8) is 0 Å². The number of hydrogen-bond donors (Lipinski definition) is 2. The number of carboxylic acids is 1. The molecule has 0 aromatic carbocycles. The number of amides is 1. The Hall–Kier alpha value is -1.69. The monoisotopic (exact) mass is 339 g/mol. The van der Waals surface area contributed by atoms with E-state index in [0.717, 1.165) is 19.3 Å². The van der Waals surface area contributed by atoms with Crippen LogP contribution in [0.5, 0.6) is 0 Å². The summed E-state index contributed by atoms with van der Waals surface area (Å²) >= 11 is 6.04. The number of halogens is 1. The Labute approximate surface area is 140 Å². The molecule has 2 N–H and O–H groups in total. The summed E-state index contributed by atoms with van der Waals surface area (Å²) < 4.78 is 0. The molecule has 1 amide bonds. The summed E-state index contributed by atoms with van der Waals surface area (Å²) in [5, 5.41) is 12.4. The van der Waals surface area contributed by atoms with E-state index in [1.165, 1.54) is 6.20 Å². The summed E-state index contributed by atoms with van der Waals surface area (Å²) in [5.74, 6) is -1.25. The molecule has 0 aliphatic heterocycles. The van der Waals surface area contributed by atoms with Crippen molar-refractivity contribution in [1.29, 1.82) is 0 Å². The van der Waals surface area contributed by atoms with E-state index in [1.54, 1.807) is 0 Å². The number of nitrogens with one attached hydrogen (secondary N) is 1. The molecule has 7 heteroatoms. The normalized spacial score (nSPS) is 21.7. The van der Waals surface area contributed by atoms with Crippen molar-refractivity contribution in [2.45, 2.75) is 57.9 Å². The maximum absolute atomic E-state index is 12.5. The maximum Gasteiger partial charge on any atom is 0.308 e. The molecule has 1 aromatic heterocycles. The molecule has 0 radical (unpaired) electrons. The molecule has 1 fully saturated rings. The number of carboxylic acid groups (broad SMARTS) is 1. The van der Waals surface area contributed by atoms with Gasteiger partial charge in [0.25, 0.3) is 5.91 Å². The van der Waals surface area contributed by atoms with E-state index in [0.29, 0.717) is 18.7 Å². The second kappa shape index (κ2) is 7.73. The predicted octanol–water partition coefficient (Wildman–Crippen LogP) is 3.02. The van der Waals surface area contributed by atoms with Gasteiger partial charge in [0, 0.05) is 12.0 Å². The van der Waals surface area contributed by atoms with Crippen LogP contribution in [0.2, 0.25) is 5.02 Å². The Morgan fingerprint density at radius 2 is 2.00 bits per heavy atom. The van der Waals surface area contributed by atoms with E-state index in [-0.39, 0.29) is 16.6 Å². The number of carbonyl (C=O) groups is 2. The van der Waals surface area contributed by atoms with Crippen molar-refractivity contribution in [3.05, 3.63) is 22.7 Å². The van der Waals surface area contributed by atoms with Gasteiger partial charge in [-0.1, -0.05) is 44.7 Å². The van der Waals surface area contributed by atoms with Crippen LogP contribution in [0.3, 0.4) is 0 Å². The molecule has 126 valence electrons. The van der Waals surface area contributed by atoms with Gasteiger partial charge >= 0.3 is 5.97 Å². The van der Waals surface area contributed by atoms with Gasteiger partial charge in [0.15, 0.2) is 0 Å². The Bertz CT molecular complexity index is 592. The Morgan fingerprint density at radius 3 is 2.65 bits per heavy atom. The molecule has 6 nitrogen and oxygen atoms in total. The number of hydrogen-bond acceptors (Lipinski definition) is 4. The van der Waals surface area contributed by atoms with Crippen LogP contribution in [0, 0.1) is 5.92 Å². The summed E-state index contributed by atoms with van der Waals surface area (Å²) in [4.78, 5) is 32.3. The zero-order valence-electron chi connectivity index (χ0n) is 13.4. The minimum Gasteiger partial charge on any atom is -0.481 e. The van der Waals surface area contributed by atoms with E-state index >= 15 is 0 Å². The topological polar surface area (TPSA) is 92.2 Å². The van der Waals surface area contributed by atoms with Crippen molar-refractivity contribution in [2.24, 2.45) is 5.92 Å². The first-order chi connectivity index (χ1) is 10.9. The quantitative estimate of drug-likeness (QED) is 0.822. The van der Waals surface area contributed by atoms with Gasteiger partial charge < -0.3 is 10.4 Å². The van der Waals surface area contributed by atoms with E-state index in [4.69, 9.17) is 11.6 Å². The second-order valence-electron chi connectivity index (χ2n) is 6.24. The lowest BCUT2D eigenvalue weighted by molar-refractivity contribution is -0.142. The van der Waals surface area contributed by atoms with Crippen LogP contribution in [-0.2, 0) is 4.79 Å². The van der Waals surface area contributed by atoms with Crippen LogP contribution < -0.4 is 5.32 Å². The molecule has 2 atom stereocenters. The van der Waals surface area contributed by atoms with Gasteiger partial charge in [-0.2, -0.15) is 0 Å². The third-order valence-corrected chi connectivity index (χ3v) is 4.42. The summed E-state index contributed by atoms with van der Waals surface area (Å²) in [7, 11) is 0. The van der Waals surface area contributed by atoms with Crippen molar-refractivity contribution in [3.8, 4) is 0 Å². The highest BCUT2D eigenvalue weighted by molar-refractivity contribution is 6.33. The van der Waals surface area contributed by atoms with E-state index < -0.39 is 23.8 Å². The molecule has 0 bridgehead atoms. The lowest BCUT2D eigenvalue weighted by Gasteiger charge is -2.23. The standard InChI is InChI=1S/C16H22ClN3O3/c1-9(2)14-18-8-11(17)13(20-14)15(21)19-12-7-5-3-4-6-10(12)16(22)23/h8-10,12H,3-7H2,1-2H3,(H,19,21)(H,22,23)/t10-,12+/m1/s1. The molecule has 1 aliphatic rings. The zero-order valence-corrected chi connectivity index (χ0v) is 14.1. The first-order valence-corrected chi connectivity index (χ1v) is 8.34. The van der Waals surface area contributed by atoms with Crippen molar-refractivity contribution >= 4 is 23.5 Å².